The van der Waals surface area contributed by atoms with Gasteiger partial charge in [0, 0.05) is 7.05 Å². The monoisotopic (exact) mass is 264 g/mol. The number of hydrogen-bond donors (Lipinski definition) is 1. The molecule has 1 aromatic carbocycles. The van der Waals surface area contributed by atoms with Gasteiger partial charge in [-0.05, 0) is 30.9 Å². The van der Waals surface area contributed by atoms with Crippen LogP contribution in [0.2, 0.25) is 0 Å². The number of rotatable bonds is 2. The highest BCUT2D eigenvalue weighted by Gasteiger charge is 2.40. The zero-order valence-corrected chi connectivity index (χ0v) is 11.5. The lowest BCUT2D eigenvalue weighted by Crippen LogP contribution is -2.56. The van der Waals surface area contributed by atoms with E-state index in [9.17, 15) is 9.18 Å². The first-order valence-electron chi connectivity index (χ1n) is 6.75. The summed E-state index contributed by atoms with van der Waals surface area (Å²) in [5.41, 5.74) is 5.70. The number of anilines is 1. The Morgan fingerprint density at radius 2 is 2.16 bits per heavy atom. The van der Waals surface area contributed by atoms with Crippen LogP contribution in [-0.2, 0) is 4.79 Å². The summed E-state index contributed by atoms with van der Waals surface area (Å²) in [7, 11) is 1.59. The highest BCUT2D eigenvalue weighted by Crippen LogP contribution is 2.33. The summed E-state index contributed by atoms with van der Waals surface area (Å²) in [5, 5.41) is 0. The molecule has 0 aromatic heterocycles. The van der Waals surface area contributed by atoms with Crippen molar-refractivity contribution in [1.29, 1.82) is 0 Å². The lowest BCUT2D eigenvalue weighted by Gasteiger charge is -2.38. The Balaban J connectivity index is 2.21. The lowest BCUT2D eigenvalue weighted by atomic mass is 9.76. The topological polar surface area (TPSA) is 46.3 Å². The fourth-order valence-corrected chi connectivity index (χ4v) is 2.95. The highest BCUT2D eigenvalue weighted by atomic mass is 19.1. The number of nitrogens with zero attached hydrogens (tertiary/aromatic N) is 1. The van der Waals surface area contributed by atoms with Gasteiger partial charge in [-0.2, -0.15) is 0 Å². The van der Waals surface area contributed by atoms with Gasteiger partial charge in [0.2, 0.25) is 5.91 Å². The number of benzene rings is 1. The van der Waals surface area contributed by atoms with Crippen LogP contribution in [0, 0.1) is 11.7 Å². The number of halogens is 1. The first kappa shape index (κ1) is 14.0. The number of amides is 1. The maximum Gasteiger partial charge on any atom is 0.246 e. The van der Waals surface area contributed by atoms with Crippen molar-refractivity contribution in [3.05, 3.63) is 30.1 Å². The van der Waals surface area contributed by atoms with E-state index in [2.05, 4.69) is 6.92 Å². The molecule has 1 saturated carbocycles. The van der Waals surface area contributed by atoms with Gasteiger partial charge in [0.15, 0.2) is 0 Å². The third-order valence-electron chi connectivity index (χ3n) is 3.98. The van der Waals surface area contributed by atoms with Crippen molar-refractivity contribution >= 4 is 11.6 Å². The van der Waals surface area contributed by atoms with Gasteiger partial charge >= 0.3 is 0 Å². The molecule has 4 heteroatoms. The normalized spacial score (nSPS) is 27.1. The van der Waals surface area contributed by atoms with Gasteiger partial charge in [-0.15, -0.1) is 0 Å². The van der Waals surface area contributed by atoms with Crippen molar-refractivity contribution in [2.24, 2.45) is 11.7 Å². The summed E-state index contributed by atoms with van der Waals surface area (Å²) in [4.78, 5) is 13.9. The number of carbonyl (C=O) groups excluding carboxylic acids is 1. The van der Waals surface area contributed by atoms with Crippen LogP contribution in [0.25, 0.3) is 0 Å². The molecule has 0 heterocycles. The van der Waals surface area contributed by atoms with Crippen molar-refractivity contribution in [3.63, 3.8) is 0 Å². The van der Waals surface area contributed by atoms with Crippen LogP contribution in [0.3, 0.4) is 0 Å². The van der Waals surface area contributed by atoms with E-state index in [0.29, 0.717) is 18.8 Å². The zero-order valence-electron chi connectivity index (χ0n) is 11.5. The predicted octanol–water partition coefficient (Wildman–Crippen LogP) is 2.70. The molecule has 1 fully saturated rings. The molecule has 0 spiro atoms. The molecule has 2 rings (SSSR count). The average molecular weight is 264 g/mol. The summed E-state index contributed by atoms with van der Waals surface area (Å²) in [6.07, 6.45) is 3.41. The van der Waals surface area contributed by atoms with Crippen LogP contribution < -0.4 is 10.6 Å². The summed E-state index contributed by atoms with van der Waals surface area (Å²) in [5.74, 6) is -0.147. The predicted molar refractivity (Wildman–Crippen MR) is 74.4 cm³/mol. The fraction of sp³-hybridized carbons (Fsp3) is 0.533. The molecule has 1 amide bonds. The van der Waals surface area contributed by atoms with E-state index in [0.717, 1.165) is 12.8 Å². The van der Waals surface area contributed by atoms with Gasteiger partial charge in [0.25, 0.3) is 0 Å². The number of hydrogen-bond acceptors (Lipinski definition) is 2. The number of para-hydroxylation sites is 1. The third-order valence-corrected chi connectivity index (χ3v) is 3.98. The first-order chi connectivity index (χ1) is 8.94. The maximum absolute atomic E-state index is 13.7. The Morgan fingerprint density at radius 3 is 2.79 bits per heavy atom. The summed E-state index contributed by atoms with van der Waals surface area (Å²) in [6.45, 7) is 2.11. The fourth-order valence-electron chi connectivity index (χ4n) is 2.95. The van der Waals surface area contributed by atoms with Gasteiger partial charge in [0.1, 0.15) is 5.82 Å². The molecule has 0 aliphatic heterocycles. The molecule has 2 unspecified atom stereocenters. The molecule has 0 radical (unpaired) electrons. The molecule has 3 nitrogen and oxygen atoms in total. The van der Waals surface area contributed by atoms with Crippen molar-refractivity contribution in [1.82, 2.24) is 0 Å². The van der Waals surface area contributed by atoms with Gasteiger partial charge in [-0.3, -0.25) is 4.79 Å². The van der Waals surface area contributed by atoms with Crippen LogP contribution in [0.1, 0.15) is 32.6 Å². The van der Waals surface area contributed by atoms with Crippen molar-refractivity contribution in [2.75, 3.05) is 11.9 Å². The Bertz CT molecular complexity index is 477. The second-order valence-corrected chi connectivity index (χ2v) is 5.67. The highest BCUT2D eigenvalue weighted by molar-refractivity contribution is 5.99. The largest absolute Gasteiger partial charge is 0.317 e. The SMILES string of the molecule is CC1CCCC(N)(C(=O)N(C)c2ccccc2F)C1. The van der Waals surface area contributed by atoms with Crippen LogP contribution in [-0.4, -0.2) is 18.5 Å². The second-order valence-electron chi connectivity index (χ2n) is 5.67. The summed E-state index contributed by atoms with van der Waals surface area (Å²) in [6, 6.07) is 6.28. The first-order valence-corrected chi connectivity index (χ1v) is 6.75. The molecule has 19 heavy (non-hydrogen) atoms. The van der Waals surface area contributed by atoms with Crippen LogP contribution >= 0.6 is 0 Å². The Hall–Kier alpha value is -1.42. The van der Waals surface area contributed by atoms with E-state index < -0.39 is 11.4 Å². The third kappa shape index (κ3) is 2.78. The van der Waals surface area contributed by atoms with E-state index >= 15 is 0 Å². The van der Waals surface area contributed by atoms with E-state index in [1.807, 2.05) is 0 Å². The van der Waals surface area contributed by atoms with E-state index in [1.54, 1.807) is 25.2 Å². The van der Waals surface area contributed by atoms with Crippen molar-refractivity contribution in [2.45, 2.75) is 38.1 Å². The number of nitrogens with two attached hydrogens (primary N) is 1. The minimum absolute atomic E-state index is 0.191. The Kier molecular flexibility index (Phi) is 3.90. The summed E-state index contributed by atoms with van der Waals surface area (Å²) < 4.78 is 13.7. The Morgan fingerprint density at radius 1 is 1.47 bits per heavy atom. The lowest BCUT2D eigenvalue weighted by molar-refractivity contribution is -0.125. The molecule has 1 aromatic rings. The van der Waals surface area contributed by atoms with Crippen LogP contribution in [0.4, 0.5) is 10.1 Å². The van der Waals surface area contributed by atoms with Gasteiger partial charge in [0.05, 0.1) is 11.2 Å². The molecule has 104 valence electrons. The minimum Gasteiger partial charge on any atom is -0.317 e. The van der Waals surface area contributed by atoms with Gasteiger partial charge < -0.3 is 10.6 Å². The minimum atomic E-state index is -0.852. The smallest absolute Gasteiger partial charge is 0.246 e. The van der Waals surface area contributed by atoms with Crippen molar-refractivity contribution < 1.29 is 9.18 Å². The molecular weight excluding hydrogens is 243 g/mol. The van der Waals surface area contributed by atoms with Gasteiger partial charge in [-0.25, -0.2) is 4.39 Å². The number of likely N-dealkylation sites (N-methyl/N-ethyl adjacent to an activating group) is 1. The van der Waals surface area contributed by atoms with Crippen molar-refractivity contribution in [3.8, 4) is 0 Å². The quantitative estimate of drug-likeness (QED) is 0.892. The molecule has 2 atom stereocenters. The molecule has 2 N–H and O–H groups in total. The Labute approximate surface area is 113 Å². The van der Waals surface area contributed by atoms with E-state index in [4.69, 9.17) is 5.73 Å². The average Bonchev–Trinajstić information content (AvgIpc) is 2.37. The molecule has 0 bridgehead atoms. The molecule has 1 aliphatic carbocycles. The van der Waals surface area contributed by atoms with E-state index in [1.165, 1.54) is 11.0 Å². The van der Waals surface area contributed by atoms with Crippen LogP contribution in [0.5, 0.6) is 0 Å². The zero-order chi connectivity index (χ0) is 14.0. The standard InChI is InChI=1S/C15H21FN2O/c1-11-6-5-9-15(17,10-11)14(19)18(2)13-8-4-3-7-12(13)16/h3-4,7-8,11H,5-6,9-10,17H2,1-2H3. The molecule has 1 aliphatic rings. The second kappa shape index (κ2) is 5.29. The van der Waals surface area contributed by atoms with E-state index in [-0.39, 0.29) is 11.6 Å². The molecular formula is C15H21FN2O. The number of carbonyl (C=O) groups is 1. The summed E-state index contributed by atoms with van der Waals surface area (Å²) >= 11 is 0. The van der Waals surface area contributed by atoms with Gasteiger partial charge in [-0.1, -0.05) is 31.9 Å². The van der Waals surface area contributed by atoms with Crippen LogP contribution in [0.15, 0.2) is 24.3 Å². The maximum atomic E-state index is 13.7. The molecule has 0 saturated heterocycles.